The average Bonchev–Trinajstić information content (AvgIpc) is 3.61. The van der Waals surface area contributed by atoms with Gasteiger partial charge in [0.1, 0.15) is 10.7 Å². The van der Waals surface area contributed by atoms with Gasteiger partial charge >= 0.3 is 0 Å². The summed E-state index contributed by atoms with van der Waals surface area (Å²) < 4.78 is 8.61. The first-order chi connectivity index (χ1) is 16.1. The number of furan rings is 1. The molecule has 1 aliphatic heterocycles. The second kappa shape index (κ2) is 7.81. The maximum absolute atomic E-state index is 14.0. The summed E-state index contributed by atoms with van der Waals surface area (Å²) in [6.45, 7) is 4.81. The van der Waals surface area contributed by atoms with Crippen LogP contribution in [0.3, 0.4) is 0 Å². The minimum atomic E-state index is -0.0229. The molecule has 0 radical (unpaired) electrons. The topological polar surface area (TPSA) is 77.0 Å². The second-order valence-corrected chi connectivity index (χ2v) is 9.69. The summed E-state index contributed by atoms with van der Waals surface area (Å²) in [7, 11) is 0. The van der Waals surface area contributed by atoms with E-state index < -0.39 is 0 Å². The van der Waals surface area contributed by atoms with Crippen molar-refractivity contribution in [2.24, 2.45) is 0 Å². The SMILES string of the molecule is CC(C)n1ncc2c(C(=O)N3CCCC3c3nc4ccccc4s3)cc(-c3ccco3)nc21. The Balaban J connectivity index is 1.46. The number of carbonyl (C=O) groups excluding carboxylic acids is 1. The minimum Gasteiger partial charge on any atom is -0.463 e. The molecule has 6 rings (SSSR count). The third kappa shape index (κ3) is 3.33. The number of amides is 1. The lowest BCUT2D eigenvalue weighted by atomic mass is 10.1. The lowest BCUT2D eigenvalue weighted by Crippen LogP contribution is -2.30. The van der Waals surface area contributed by atoms with Gasteiger partial charge < -0.3 is 9.32 Å². The van der Waals surface area contributed by atoms with E-state index in [1.54, 1.807) is 23.8 Å². The van der Waals surface area contributed by atoms with Crippen molar-refractivity contribution in [3.8, 4) is 11.5 Å². The number of aromatic nitrogens is 4. The Hall–Kier alpha value is -3.52. The second-order valence-electron chi connectivity index (χ2n) is 8.63. The van der Waals surface area contributed by atoms with Gasteiger partial charge in [0.05, 0.1) is 39.7 Å². The molecular weight excluding hydrogens is 434 g/mol. The molecule has 33 heavy (non-hydrogen) atoms. The number of hydrogen-bond acceptors (Lipinski definition) is 6. The predicted octanol–water partition coefficient (Wildman–Crippen LogP) is 5.86. The van der Waals surface area contributed by atoms with Crippen molar-refractivity contribution < 1.29 is 9.21 Å². The number of benzene rings is 1. The van der Waals surface area contributed by atoms with E-state index in [0.29, 0.717) is 29.2 Å². The summed E-state index contributed by atoms with van der Waals surface area (Å²) in [5, 5.41) is 6.30. The highest BCUT2D eigenvalue weighted by atomic mass is 32.1. The molecule has 0 bridgehead atoms. The van der Waals surface area contributed by atoms with E-state index in [2.05, 4.69) is 25.0 Å². The Bertz CT molecular complexity index is 1430. The molecule has 166 valence electrons. The molecule has 0 aliphatic carbocycles. The molecule has 0 saturated carbocycles. The molecule has 1 aromatic carbocycles. The van der Waals surface area contributed by atoms with Crippen LogP contribution in [-0.4, -0.2) is 37.1 Å². The van der Waals surface area contributed by atoms with Gasteiger partial charge in [-0.3, -0.25) is 4.79 Å². The van der Waals surface area contributed by atoms with Crippen LogP contribution >= 0.6 is 11.3 Å². The summed E-state index contributed by atoms with van der Waals surface area (Å²) in [6.07, 6.45) is 5.24. The lowest BCUT2D eigenvalue weighted by Gasteiger charge is -2.23. The fourth-order valence-electron chi connectivity index (χ4n) is 4.58. The first-order valence-corrected chi connectivity index (χ1v) is 12.0. The Morgan fingerprint density at radius 3 is 2.85 bits per heavy atom. The van der Waals surface area contributed by atoms with Crippen LogP contribution in [0.1, 0.15) is 54.1 Å². The molecule has 1 atom stereocenters. The fraction of sp³-hybridized carbons (Fsp3) is 0.280. The van der Waals surface area contributed by atoms with E-state index in [0.717, 1.165) is 33.5 Å². The number of hydrogen-bond donors (Lipinski definition) is 0. The number of para-hydroxylation sites is 1. The Morgan fingerprint density at radius 1 is 1.18 bits per heavy atom. The summed E-state index contributed by atoms with van der Waals surface area (Å²) in [5.74, 6) is 0.617. The van der Waals surface area contributed by atoms with Crippen molar-refractivity contribution in [3.63, 3.8) is 0 Å². The van der Waals surface area contributed by atoms with E-state index in [-0.39, 0.29) is 18.0 Å². The van der Waals surface area contributed by atoms with Gasteiger partial charge in [0.2, 0.25) is 0 Å². The van der Waals surface area contributed by atoms with Crippen molar-refractivity contribution in [2.75, 3.05) is 6.54 Å². The number of rotatable bonds is 4. The summed E-state index contributed by atoms with van der Waals surface area (Å²) in [5.41, 5.74) is 2.92. The van der Waals surface area contributed by atoms with Gasteiger partial charge in [0.25, 0.3) is 5.91 Å². The van der Waals surface area contributed by atoms with E-state index in [4.69, 9.17) is 14.4 Å². The highest BCUT2D eigenvalue weighted by molar-refractivity contribution is 7.18. The smallest absolute Gasteiger partial charge is 0.255 e. The maximum Gasteiger partial charge on any atom is 0.255 e. The molecule has 1 saturated heterocycles. The Kier molecular flexibility index (Phi) is 4.76. The van der Waals surface area contributed by atoms with Crippen LogP contribution in [0.4, 0.5) is 0 Å². The zero-order valence-corrected chi connectivity index (χ0v) is 19.2. The summed E-state index contributed by atoms with van der Waals surface area (Å²) >= 11 is 1.67. The normalized spacial score (nSPS) is 16.5. The van der Waals surface area contributed by atoms with Crippen LogP contribution in [0.25, 0.3) is 32.7 Å². The highest BCUT2D eigenvalue weighted by Crippen LogP contribution is 2.38. The fourth-order valence-corrected chi connectivity index (χ4v) is 5.69. The molecule has 7 nitrogen and oxygen atoms in total. The highest BCUT2D eigenvalue weighted by Gasteiger charge is 2.34. The molecule has 5 heterocycles. The van der Waals surface area contributed by atoms with Gasteiger partial charge in [-0.05, 0) is 57.0 Å². The summed E-state index contributed by atoms with van der Waals surface area (Å²) in [4.78, 5) is 25.6. The number of fused-ring (bicyclic) bond motifs is 2. The molecule has 5 aromatic rings. The van der Waals surface area contributed by atoms with Crippen LogP contribution in [0.15, 0.2) is 59.3 Å². The molecule has 0 spiro atoms. The number of likely N-dealkylation sites (tertiary alicyclic amines) is 1. The average molecular weight is 458 g/mol. The predicted molar refractivity (Wildman–Crippen MR) is 128 cm³/mol. The standard InChI is InChI=1S/C25H23N5O2S/c1-15(2)30-23-17(14-26-30)16(13-19(27-23)21-9-6-12-32-21)25(31)29-11-5-8-20(29)24-28-18-7-3-4-10-22(18)33-24/h3-4,6-7,9-10,12-15,20H,5,8,11H2,1-2H3. The zero-order valence-electron chi connectivity index (χ0n) is 18.4. The number of thiazole rings is 1. The Morgan fingerprint density at radius 2 is 2.06 bits per heavy atom. The monoisotopic (exact) mass is 457 g/mol. The lowest BCUT2D eigenvalue weighted by molar-refractivity contribution is 0.0737. The van der Waals surface area contributed by atoms with Crippen LogP contribution in [0, 0.1) is 0 Å². The van der Waals surface area contributed by atoms with Crippen molar-refractivity contribution in [3.05, 3.63) is 65.5 Å². The third-order valence-corrected chi connectivity index (χ3v) is 7.31. The van der Waals surface area contributed by atoms with Gasteiger partial charge in [-0.15, -0.1) is 11.3 Å². The quantitative estimate of drug-likeness (QED) is 0.338. The Labute approximate surface area is 194 Å². The largest absolute Gasteiger partial charge is 0.463 e. The number of pyridine rings is 1. The molecule has 1 amide bonds. The van der Waals surface area contributed by atoms with E-state index in [1.165, 1.54) is 0 Å². The zero-order chi connectivity index (χ0) is 22.5. The van der Waals surface area contributed by atoms with Gasteiger partial charge in [0, 0.05) is 12.6 Å². The molecule has 1 aliphatic rings. The van der Waals surface area contributed by atoms with Gasteiger partial charge in [-0.1, -0.05) is 12.1 Å². The van der Waals surface area contributed by atoms with Gasteiger partial charge in [0.15, 0.2) is 11.4 Å². The van der Waals surface area contributed by atoms with Crippen LogP contribution in [-0.2, 0) is 0 Å². The van der Waals surface area contributed by atoms with Crippen LogP contribution < -0.4 is 0 Å². The first-order valence-electron chi connectivity index (χ1n) is 11.2. The van der Waals surface area contributed by atoms with Crippen molar-refractivity contribution in [1.82, 2.24) is 24.6 Å². The van der Waals surface area contributed by atoms with E-state index in [9.17, 15) is 4.79 Å². The van der Waals surface area contributed by atoms with Crippen LogP contribution in [0.5, 0.6) is 0 Å². The molecule has 4 aromatic heterocycles. The number of nitrogens with zero attached hydrogens (tertiary/aromatic N) is 5. The van der Waals surface area contributed by atoms with Gasteiger partial charge in [-0.2, -0.15) is 5.10 Å². The third-order valence-electron chi connectivity index (χ3n) is 6.17. The van der Waals surface area contributed by atoms with Crippen molar-refractivity contribution in [2.45, 2.75) is 38.8 Å². The van der Waals surface area contributed by atoms with Crippen LogP contribution in [0.2, 0.25) is 0 Å². The van der Waals surface area contributed by atoms with Crippen molar-refractivity contribution in [1.29, 1.82) is 0 Å². The molecule has 0 N–H and O–H groups in total. The van der Waals surface area contributed by atoms with Gasteiger partial charge in [-0.25, -0.2) is 14.6 Å². The molecule has 1 fully saturated rings. The molecule has 1 unspecified atom stereocenters. The maximum atomic E-state index is 14.0. The summed E-state index contributed by atoms with van der Waals surface area (Å²) in [6, 6.07) is 13.8. The minimum absolute atomic E-state index is 0.0136. The van der Waals surface area contributed by atoms with E-state index >= 15 is 0 Å². The number of carbonyl (C=O) groups is 1. The van der Waals surface area contributed by atoms with E-state index in [1.807, 2.05) is 46.0 Å². The first kappa shape index (κ1) is 20.1. The van der Waals surface area contributed by atoms with Crippen molar-refractivity contribution >= 4 is 38.5 Å². The molecule has 8 heteroatoms. The molecular formula is C25H23N5O2S.